The zero-order valence-electron chi connectivity index (χ0n) is 14.5. The quantitative estimate of drug-likeness (QED) is 0.440. The highest BCUT2D eigenvalue weighted by Gasteiger charge is 2.17. The minimum Gasteiger partial charge on any atom is -0.495 e. The molecular weight excluding hydrogens is 377 g/mol. The number of rotatable bonds is 6. The zero-order valence-corrected chi connectivity index (χ0v) is 16.1. The van der Waals surface area contributed by atoms with Crippen LogP contribution in [0.15, 0.2) is 41.6 Å². The lowest BCUT2D eigenvalue weighted by molar-refractivity contribution is -0.126. The fraction of sp³-hybridized carbons (Fsp3) is 0.222. The average Bonchev–Trinajstić information content (AvgIpc) is 2.62. The van der Waals surface area contributed by atoms with Gasteiger partial charge in [-0.25, -0.2) is 0 Å². The van der Waals surface area contributed by atoms with Crippen LogP contribution in [0.5, 0.6) is 5.75 Å². The third-order valence-corrected chi connectivity index (χ3v) is 4.18. The Bertz CT molecular complexity index is 840. The van der Waals surface area contributed by atoms with Gasteiger partial charge in [-0.3, -0.25) is 4.79 Å². The number of oxime groups is 1. The number of ether oxygens (including phenoxy) is 1. The van der Waals surface area contributed by atoms with Crippen molar-refractivity contribution in [1.82, 2.24) is 0 Å². The van der Waals surface area contributed by atoms with E-state index in [2.05, 4.69) is 10.5 Å². The molecule has 2 aromatic carbocycles. The standard InChI is InChI=1S/C18H19Cl2N3O3/c1-10-7-15(16(25-3)9-14(10)20)22-18(24)11(2)26-23-17(21)12-5-4-6-13(19)8-12/h4-9,11H,1-3H3,(H2,21,23)(H,22,24). The highest BCUT2D eigenvalue weighted by molar-refractivity contribution is 6.31. The molecule has 3 N–H and O–H groups in total. The lowest BCUT2D eigenvalue weighted by atomic mass is 10.2. The number of anilines is 1. The highest BCUT2D eigenvalue weighted by Crippen LogP contribution is 2.31. The van der Waals surface area contributed by atoms with Gasteiger partial charge >= 0.3 is 0 Å². The summed E-state index contributed by atoms with van der Waals surface area (Å²) < 4.78 is 5.23. The lowest BCUT2D eigenvalue weighted by Gasteiger charge is -2.15. The fourth-order valence-corrected chi connectivity index (χ4v) is 2.39. The number of hydrogen-bond donors (Lipinski definition) is 2. The molecule has 8 heteroatoms. The molecule has 0 spiro atoms. The van der Waals surface area contributed by atoms with E-state index < -0.39 is 12.0 Å². The molecule has 1 unspecified atom stereocenters. The number of nitrogens with zero attached hydrogens (tertiary/aromatic N) is 1. The molecule has 2 rings (SSSR count). The average molecular weight is 396 g/mol. The van der Waals surface area contributed by atoms with Gasteiger partial charge in [0.15, 0.2) is 5.84 Å². The van der Waals surface area contributed by atoms with Gasteiger partial charge in [0.1, 0.15) is 5.75 Å². The van der Waals surface area contributed by atoms with Crippen LogP contribution >= 0.6 is 23.2 Å². The summed E-state index contributed by atoms with van der Waals surface area (Å²) in [5.74, 6) is 0.155. The Morgan fingerprint density at radius 1 is 1.27 bits per heavy atom. The molecule has 0 heterocycles. The summed E-state index contributed by atoms with van der Waals surface area (Å²) in [6.07, 6.45) is -0.881. The van der Waals surface area contributed by atoms with E-state index in [1.54, 1.807) is 43.3 Å². The predicted molar refractivity (Wildman–Crippen MR) is 104 cm³/mol. The van der Waals surface area contributed by atoms with Gasteiger partial charge in [0.25, 0.3) is 5.91 Å². The number of amidine groups is 1. The molecule has 2 aromatic rings. The van der Waals surface area contributed by atoms with E-state index in [4.69, 9.17) is 38.5 Å². The second kappa shape index (κ2) is 8.78. The van der Waals surface area contributed by atoms with E-state index in [1.807, 2.05) is 6.92 Å². The zero-order chi connectivity index (χ0) is 19.3. The predicted octanol–water partition coefficient (Wildman–Crippen LogP) is 3.97. The minimum atomic E-state index is -0.881. The topological polar surface area (TPSA) is 85.9 Å². The van der Waals surface area contributed by atoms with Crippen LogP contribution < -0.4 is 15.8 Å². The first-order valence-corrected chi connectivity index (χ1v) is 8.47. The van der Waals surface area contributed by atoms with E-state index >= 15 is 0 Å². The summed E-state index contributed by atoms with van der Waals surface area (Å²) in [6.45, 7) is 3.38. The van der Waals surface area contributed by atoms with Crippen molar-refractivity contribution in [2.24, 2.45) is 10.9 Å². The lowest BCUT2D eigenvalue weighted by Crippen LogP contribution is -2.27. The molecule has 0 aliphatic carbocycles. The van der Waals surface area contributed by atoms with Gasteiger partial charge in [-0.2, -0.15) is 0 Å². The van der Waals surface area contributed by atoms with Crippen molar-refractivity contribution in [3.63, 3.8) is 0 Å². The summed E-state index contributed by atoms with van der Waals surface area (Å²) in [5.41, 5.74) is 7.74. The van der Waals surface area contributed by atoms with Crippen molar-refractivity contribution < 1.29 is 14.4 Å². The SMILES string of the molecule is COc1cc(Cl)c(C)cc1NC(=O)C(C)O/N=C(/N)c1cccc(Cl)c1. The van der Waals surface area contributed by atoms with Crippen LogP contribution in [0.3, 0.4) is 0 Å². The van der Waals surface area contributed by atoms with Crippen molar-refractivity contribution in [3.05, 3.63) is 57.6 Å². The first kappa shape index (κ1) is 19.9. The summed E-state index contributed by atoms with van der Waals surface area (Å²) in [7, 11) is 1.49. The van der Waals surface area contributed by atoms with Crippen LogP contribution in [0.2, 0.25) is 10.0 Å². The summed E-state index contributed by atoms with van der Waals surface area (Å²) in [6, 6.07) is 10.2. The van der Waals surface area contributed by atoms with Crippen LogP contribution in [0.25, 0.3) is 0 Å². The molecule has 0 saturated carbocycles. The van der Waals surface area contributed by atoms with Gasteiger partial charge in [0, 0.05) is 21.7 Å². The number of hydrogen-bond acceptors (Lipinski definition) is 4. The molecule has 1 amide bonds. The number of methoxy groups -OCH3 is 1. The van der Waals surface area contributed by atoms with Gasteiger partial charge in [0.05, 0.1) is 12.8 Å². The first-order valence-electron chi connectivity index (χ1n) is 7.72. The third-order valence-electron chi connectivity index (χ3n) is 3.54. The second-order valence-electron chi connectivity index (χ2n) is 5.53. The van der Waals surface area contributed by atoms with Gasteiger partial charge in [-0.05, 0) is 37.6 Å². The maximum absolute atomic E-state index is 12.3. The Morgan fingerprint density at radius 3 is 2.65 bits per heavy atom. The molecule has 26 heavy (non-hydrogen) atoms. The number of benzene rings is 2. The molecular formula is C18H19Cl2N3O3. The Kier molecular flexibility index (Phi) is 6.71. The molecule has 0 fully saturated rings. The van der Waals surface area contributed by atoms with E-state index in [0.717, 1.165) is 5.56 Å². The Labute approximate surface area is 161 Å². The van der Waals surface area contributed by atoms with Gasteiger partial charge < -0.3 is 20.6 Å². The Hall–Kier alpha value is -2.44. The van der Waals surface area contributed by atoms with E-state index in [0.29, 0.717) is 27.0 Å². The molecule has 6 nitrogen and oxygen atoms in total. The van der Waals surface area contributed by atoms with Crippen molar-refractivity contribution in [3.8, 4) is 5.75 Å². The summed E-state index contributed by atoms with van der Waals surface area (Å²) in [4.78, 5) is 17.5. The number of halogens is 2. The van der Waals surface area contributed by atoms with Crippen LogP contribution in [-0.4, -0.2) is 25.0 Å². The molecule has 0 bridgehead atoms. The molecule has 138 valence electrons. The number of carbonyl (C=O) groups excluding carboxylic acids is 1. The maximum atomic E-state index is 12.3. The van der Waals surface area contributed by atoms with Crippen LogP contribution in [-0.2, 0) is 9.63 Å². The number of aryl methyl sites for hydroxylation is 1. The summed E-state index contributed by atoms with van der Waals surface area (Å²) >= 11 is 12.0. The van der Waals surface area contributed by atoms with Crippen LogP contribution in [0.1, 0.15) is 18.1 Å². The van der Waals surface area contributed by atoms with Gasteiger partial charge in [0.2, 0.25) is 6.10 Å². The van der Waals surface area contributed by atoms with Gasteiger partial charge in [-0.1, -0.05) is 40.5 Å². The van der Waals surface area contributed by atoms with Crippen molar-refractivity contribution >= 4 is 40.6 Å². The number of carbonyl (C=O) groups is 1. The molecule has 0 aliphatic rings. The third kappa shape index (κ3) is 5.03. The fourth-order valence-electron chi connectivity index (χ4n) is 2.05. The van der Waals surface area contributed by atoms with Crippen LogP contribution in [0, 0.1) is 6.92 Å². The van der Waals surface area contributed by atoms with E-state index in [-0.39, 0.29) is 5.84 Å². The molecule has 0 aliphatic heterocycles. The maximum Gasteiger partial charge on any atom is 0.268 e. The minimum absolute atomic E-state index is 0.118. The first-order chi connectivity index (χ1) is 12.3. The smallest absolute Gasteiger partial charge is 0.268 e. The van der Waals surface area contributed by atoms with Crippen LogP contribution in [0.4, 0.5) is 5.69 Å². The van der Waals surface area contributed by atoms with Crippen molar-refractivity contribution in [1.29, 1.82) is 0 Å². The molecule has 1 atom stereocenters. The van der Waals surface area contributed by atoms with E-state index in [9.17, 15) is 4.79 Å². The van der Waals surface area contributed by atoms with Crippen molar-refractivity contribution in [2.45, 2.75) is 20.0 Å². The number of nitrogens with two attached hydrogens (primary N) is 1. The second-order valence-corrected chi connectivity index (χ2v) is 6.37. The monoisotopic (exact) mass is 395 g/mol. The number of nitrogens with one attached hydrogen (secondary N) is 1. The van der Waals surface area contributed by atoms with Crippen molar-refractivity contribution in [2.75, 3.05) is 12.4 Å². The Balaban J connectivity index is 2.06. The molecule has 0 radical (unpaired) electrons. The largest absolute Gasteiger partial charge is 0.495 e. The normalized spacial score (nSPS) is 12.4. The Morgan fingerprint density at radius 2 is 2.00 bits per heavy atom. The summed E-state index contributed by atoms with van der Waals surface area (Å²) in [5, 5.41) is 7.59. The molecule has 0 aromatic heterocycles. The van der Waals surface area contributed by atoms with Gasteiger partial charge in [-0.15, -0.1) is 0 Å². The van der Waals surface area contributed by atoms with E-state index in [1.165, 1.54) is 7.11 Å². The molecule has 0 saturated heterocycles. The number of amides is 1. The highest BCUT2D eigenvalue weighted by atomic mass is 35.5.